The largest absolute Gasteiger partial charge is 0.303 e. The van der Waals surface area contributed by atoms with Gasteiger partial charge in [0.15, 0.2) is 0 Å². The highest BCUT2D eigenvalue weighted by Gasteiger charge is 2.43. The normalized spacial score (nSPS) is 20.2. The third-order valence-electron chi connectivity index (χ3n) is 2.56. The molecule has 0 heterocycles. The maximum atomic E-state index is 11.3. The first-order chi connectivity index (χ1) is 5.92. The number of sulfonamides is 1. The van der Waals surface area contributed by atoms with Gasteiger partial charge in [0.2, 0.25) is 10.0 Å². The number of rotatable bonds is 5. The standard InChI is InChI=1S/C8H15NO3S/c1-9(2)13(11,12)6-5-8(7-10)3-4-8/h7H,3-6H2,1-2H3. The first-order valence-corrected chi connectivity index (χ1v) is 5.89. The van der Waals surface area contributed by atoms with E-state index in [1.54, 1.807) is 0 Å². The predicted octanol–water partition coefficient (Wildman–Crippen LogP) is 0.247. The van der Waals surface area contributed by atoms with Crippen LogP contribution >= 0.6 is 0 Å². The van der Waals surface area contributed by atoms with Crippen molar-refractivity contribution < 1.29 is 13.2 Å². The van der Waals surface area contributed by atoms with Crippen LogP contribution in [0.15, 0.2) is 0 Å². The average Bonchev–Trinajstić information content (AvgIpc) is 2.81. The highest BCUT2D eigenvalue weighted by molar-refractivity contribution is 7.89. The molecule has 76 valence electrons. The molecule has 4 nitrogen and oxygen atoms in total. The van der Waals surface area contributed by atoms with Crippen LogP contribution < -0.4 is 0 Å². The van der Waals surface area contributed by atoms with Gasteiger partial charge in [-0.3, -0.25) is 0 Å². The Hall–Kier alpha value is -0.420. The van der Waals surface area contributed by atoms with E-state index in [-0.39, 0.29) is 11.2 Å². The molecule has 0 aromatic rings. The summed E-state index contributed by atoms with van der Waals surface area (Å²) < 4.78 is 23.9. The Kier molecular flexibility index (Phi) is 2.77. The third kappa shape index (κ3) is 2.51. The molecule has 1 aliphatic carbocycles. The fourth-order valence-electron chi connectivity index (χ4n) is 1.10. The van der Waals surface area contributed by atoms with Gasteiger partial charge in [-0.25, -0.2) is 12.7 Å². The van der Waals surface area contributed by atoms with E-state index < -0.39 is 10.0 Å². The van der Waals surface area contributed by atoms with Crippen molar-refractivity contribution in [3.8, 4) is 0 Å². The van der Waals surface area contributed by atoms with E-state index in [1.807, 2.05) is 0 Å². The van der Waals surface area contributed by atoms with Gasteiger partial charge in [-0.15, -0.1) is 0 Å². The first-order valence-electron chi connectivity index (χ1n) is 4.28. The van der Waals surface area contributed by atoms with Crippen molar-refractivity contribution in [3.63, 3.8) is 0 Å². The molecule has 13 heavy (non-hydrogen) atoms. The molecular formula is C8H15NO3S. The topological polar surface area (TPSA) is 54.5 Å². The van der Waals surface area contributed by atoms with Crippen LogP contribution in [0, 0.1) is 5.41 Å². The van der Waals surface area contributed by atoms with Crippen molar-refractivity contribution in [1.82, 2.24) is 4.31 Å². The highest BCUT2D eigenvalue weighted by Crippen LogP contribution is 2.46. The Morgan fingerprint density at radius 1 is 1.38 bits per heavy atom. The summed E-state index contributed by atoms with van der Waals surface area (Å²) in [5, 5.41) is 0. The molecule has 0 unspecified atom stereocenters. The lowest BCUT2D eigenvalue weighted by atomic mass is 10.1. The van der Waals surface area contributed by atoms with Gasteiger partial charge in [-0.1, -0.05) is 0 Å². The van der Waals surface area contributed by atoms with Crippen molar-refractivity contribution in [3.05, 3.63) is 0 Å². The highest BCUT2D eigenvalue weighted by atomic mass is 32.2. The second-order valence-corrected chi connectivity index (χ2v) is 6.13. The lowest BCUT2D eigenvalue weighted by Crippen LogP contribution is -2.26. The summed E-state index contributed by atoms with van der Waals surface area (Å²) in [4.78, 5) is 10.6. The van der Waals surface area contributed by atoms with E-state index in [4.69, 9.17) is 0 Å². The maximum Gasteiger partial charge on any atom is 0.213 e. The van der Waals surface area contributed by atoms with Gasteiger partial charge in [0.25, 0.3) is 0 Å². The zero-order chi connectivity index (χ0) is 10.1. The molecule has 0 atom stereocenters. The van der Waals surface area contributed by atoms with E-state index >= 15 is 0 Å². The quantitative estimate of drug-likeness (QED) is 0.604. The summed E-state index contributed by atoms with van der Waals surface area (Å²) >= 11 is 0. The van der Waals surface area contributed by atoms with Crippen LogP contribution in [0.25, 0.3) is 0 Å². The fourth-order valence-corrected chi connectivity index (χ4v) is 2.13. The predicted molar refractivity (Wildman–Crippen MR) is 49.8 cm³/mol. The molecule has 0 spiro atoms. The summed E-state index contributed by atoms with van der Waals surface area (Å²) in [5.41, 5.74) is -0.302. The molecule has 0 radical (unpaired) electrons. The van der Waals surface area contributed by atoms with Crippen LogP contribution in [0.3, 0.4) is 0 Å². The first kappa shape index (κ1) is 10.7. The molecule has 0 N–H and O–H groups in total. The Labute approximate surface area is 79.0 Å². The van der Waals surface area contributed by atoms with Gasteiger partial charge in [-0.2, -0.15) is 0 Å². The van der Waals surface area contributed by atoms with E-state index in [9.17, 15) is 13.2 Å². The van der Waals surface area contributed by atoms with Crippen molar-refractivity contribution in [1.29, 1.82) is 0 Å². The monoisotopic (exact) mass is 205 g/mol. The van der Waals surface area contributed by atoms with Gasteiger partial charge in [0.05, 0.1) is 5.75 Å². The second kappa shape index (κ2) is 3.38. The van der Waals surface area contributed by atoms with Crippen molar-refractivity contribution in [2.45, 2.75) is 19.3 Å². The number of hydrogen-bond donors (Lipinski definition) is 0. The van der Waals surface area contributed by atoms with Gasteiger partial charge in [0, 0.05) is 19.5 Å². The molecular weight excluding hydrogens is 190 g/mol. The van der Waals surface area contributed by atoms with Gasteiger partial charge < -0.3 is 4.79 Å². The minimum Gasteiger partial charge on any atom is -0.303 e. The number of nitrogens with zero attached hydrogens (tertiary/aromatic N) is 1. The molecule has 0 aromatic carbocycles. The molecule has 1 rings (SSSR count). The minimum absolute atomic E-state index is 0.0821. The average molecular weight is 205 g/mol. The van der Waals surface area contributed by atoms with Crippen LogP contribution in [-0.2, 0) is 14.8 Å². The Morgan fingerprint density at radius 3 is 2.23 bits per heavy atom. The number of carbonyl (C=O) groups excluding carboxylic acids is 1. The molecule has 5 heteroatoms. The summed E-state index contributed by atoms with van der Waals surface area (Å²) in [6, 6.07) is 0. The molecule has 0 amide bonds. The summed E-state index contributed by atoms with van der Waals surface area (Å²) in [5.74, 6) is 0.0821. The number of hydrogen-bond acceptors (Lipinski definition) is 3. The SMILES string of the molecule is CN(C)S(=O)(=O)CCC1(C=O)CC1. The number of carbonyl (C=O) groups is 1. The Morgan fingerprint density at radius 2 is 1.92 bits per heavy atom. The maximum absolute atomic E-state index is 11.3. The Bertz CT molecular complexity index is 291. The molecule has 1 aliphatic rings. The zero-order valence-electron chi connectivity index (χ0n) is 7.99. The van der Waals surface area contributed by atoms with Gasteiger partial charge in [0.1, 0.15) is 6.29 Å². The Balaban J connectivity index is 2.47. The summed E-state index contributed by atoms with van der Waals surface area (Å²) in [6.07, 6.45) is 3.06. The minimum atomic E-state index is -3.13. The lowest BCUT2D eigenvalue weighted by Gasteiger charge is -2.12. The van der Waals surface area contributed by atoms with Gasteiger partial charge in [-0.05, 0) is 19.3 Å². The van der Waals surface area contributed by atoms with E-state index in [2.05, 4.69) is 0 Å². The molecule has 0 bridgehead atoms. The molecule has 0 aliphatic heterocycles. The smallest absolute Gasteiger partial charge is 0.213 e. The molecule has 0 saturated heterocycles. The zero-order valence-corrected chi connectivity index (χ0v) is 8.80. The molecule has 1 fully saturated rings. The lowest BCUT2D eigenvalue weighted by molar-refractivity contribution is -0.112. The molecule has 1 saturated carbocycles. The number of aldehydes is 1. The third-order valence-corrected chi connectivity index (χ3v) is 4.39. The van der Waals surface area contributed by atoms with E-state index in [0.717, 1.165) is 19.1 Å². The second-order valence-electron chi connectivity index (χ2n) is 3.83. The van der Waals surface area contributed by atoms with Crippen LogP contribution in [0.5, 0.6) is 0 Å². The summed E-state index contributed by atoms with van der Waals surface area (Å²) in [7, 11) is -0.108. The fraction of sp³-hybridized carbons (Fsp3) is 0.875. The van der Waals surface area contributed by atoms with Crippen LogP contribution in [-0.4, -0.2) is 38.9 Å². The van der Waals surface area contributed by atoms with Crippen molar-refractivity contribution in [2.24, 2.45) is 5.41 Å². The summed E-state index contributed by atoms with van der Waals surface area (Å²) in [6.45, 7) is 0. The van der Waals surface area contributed by atoms with Crippen LogP contribution in [0.4, 0.5) is 0 Å². The van der Waals surface area contributed by atoms with Gasteiger partial charge >= 0.3 is 0 Å². The van der Waals surface area contributed by atoms with Crippen molar-refractivity contribution >= 4 is 16.3 Å². The molecule has 0 aromatic heterocycles. The van der Waals surface area contributed by atoms with Crippen molar-refractivity contribution in [2.75, 3.05) is 19.8 Å². The van der Waals surface area contributed by atoms with Crippen LogP contribution in [0.2, 0.25) is 0 Å². The van der Waals surface area contributed by atoms with Crippen LogP contribution in [0.1, 0.15) is 19.3 Å². The van der Waals surface area contributed by atoms with E-state index in [0.29, 0.717) is 6.42 Å². The van der Waals surface area contributed by atoms with E-state index in [1.165, 1.54) is 18.4 Å².